The van der Waals surface area contributed by atoms with E-state index in [4.69, 9.17) is 0 Å². The largest absolute Gasteiger partial charge is 0.342 e. The van der Waals surface area contributed by atoms with Gasteiger partial charge in [0.1, 0.15) is 0 Å². The minimum absolute atomic E-state index is 0.441. The fraction of sp³-hybridized carbons (Fsp3) is 0.933. The molecule has 0 aromatic rings. The number of hydrogen-bond donors (Lipinski definition) is 1. The zero-order chi connectivity index (χ0) is 12.4. The fourth-order valence-electron chi connectivity index (χ4n) is 4.00. The van der Waals surface area contributed by atoms with Crippen LogP contribution < -0.4 is 5.32 Å². The number of nitrogens with zero attached hydrogens (tertiary/aromatic N) is 1. The van der Waals surface area contributed by atoms with Crippen LogP contribution in [0.4, 0.5) is 0 Å². The Balaban J connectivity index is 1.49. The summed E-state index contributed by atoms with van der Waals surface area (Å²) in [6.07, 6.45) is 8.84. The quantitative estimate of drug-likeness (QED) is 0.761. The molecule has 3 fully saturated rings. The van der Waals surface area contributed by atoms with Crippen molar-refractivity contribution in [2.45, 2.75) is 44.9 Å². The van der Waals surface area contributed by atoms with Crippen LogP contribution >= 0.6 is 0 Å². The van der Waals surface area contributed by atoms with E-state index in [1.54, 1.807) is 0 Å². The van der Waals surface area contributed by atoms with Gasteiger partial charge < -0.3 is 10.2 Å². The van der Waals surface area contributed by atoms with Crippen molar-refractivity contribution in [3.8, 4) is 0 Å². The van der Waals surface area contributed by atoms with E-state index in [-0.39, 0.29) is 0 Å². The number of fused-ring (bicyclic) bond motifs is 1. The Bertz CT molecular complexity index is 285. The molecule has 0 unspecified atom stereocenters. The molecule has 0 radical (unpaired) electrons. The number of rotatable bonds is 2. The van der Waals surface area contributed by atoms with Crippen molar-refractivity contribution in [3.05, 3.63) is 0 Å². The van der Waals surface area contributed by atoms with Gasteiger partial charge in [0, 0.05) is 32.6 Å². The molecule has 0 bridgehead atoms. The van der Waals surface area contributed by atoms with Crippen LogP contribution in [0.25, 0.3) is 0 Å². The first kappa shape index (κ1) is 12.5. The lowest BCUT2D eigenvalue weighted by Crippen LogP contribution is -2.33. The minimum Gasteiger partial charge on any atom is -0.342 e. The predicted molar refractivity (Wildman–Crippen MR) is 72.2 cm³/mol. The van der Waals surface area contributed by atoms with Gasteiger partial charge in [-0.25, -0.2) is 0 Å². The molecule has 3 heteroatoms. The van der Waals surface area contributed by atoms with Crippen molar-refractivity contribution in [2.24, 2.45) is 17.8 Å². The SMILES string of the molecule is O=C(CC1CCCCCC1)N1C[C@H]2CNC[C@H]2C1. The third kappa shape index (κ3) is 2.71. The first-order chi connectivity index (χ1) is 8.83. The van der Waals surface area contributed by atoms with Gasteiger partial charge in [-0.1, -0.05) is 25.7 Å². The molecular weight excluding hydrogens is 224 g/mol. The molecule has 2 saturated heterocycles. The van der Waals surface area contributed by atoms with Gasteiger partial charge in [0.25, 0.3) is 0 Å². The lowest BCUT2D eigenvalue weighted by Gasteiger charge is -2.21. The summed E-state index contributed by atoms with van der Waals surface area (Å²) in [6.45, 7) is 4.28. The molecule has 1 saturated carbocycles. The molecular formula is C15H26N2O. The molecule has 2 atom stereocenters. The first-order valence-corrected chi connectivity index (χ1v) is 7.81. The zero-order valence-electron chi connectivity index (χ0n) is 11.4. The van der Waals surface area contributed by atoms with Crippen molar-refractivity contribution < 1.29 is 4.79 Å². The summed E-state index contributed by atoms with van der Waals surface area (Å²) < 4.78 is 0. The summed E-state index contributed by atoms with van der Waals surface area (Å²) in [5.74, 6) is 2.60. The third-order valence-electron chi connectivity index (χ3n) is 5.18. The van der Waals surface area contributed by atoms with Gasteiger partial charge in [0.2, 0.25) is 5.91 Å². The lowest BCUT2D eigenvalue weighted by atomic mass is 9.96. The number of hydrogen-bond acceptors (Lipinski definition) is 2. The van der Waals surface area contributed by atoms with E-state index >= 15 is 0 Å². The van der Waals surface area contributed by atoms with E-state index in [0.29, 0.717) is 11.8 Å². The van der Waals surface area contributed by atoms with Crippen LogP contribution in [0, 0.1) is 17.8 Å². The van der Waals surface area contributed by atoms with Crippen LogP contribution in [0.2, 0.25) is 0 Å². The highest BCUT2D eigenvalue weighted by atomic mass is 16.2. The minimum atomic E-state index is 0.441. The number of likely N-dealkylation sites (tertiary alicyclic amines) is 1. The second-order valence-corrected chi connectivity index (χ2v) is 6.54. The molecule has 0 spiro atoms. The second kappa shape index (κ2) is 5.60. The van der Waals surface area contributed by atoms with E-state index in [0.717, 1.165) is 44.4 Å². The smallest absolute Gasteiger partial charge is 0.222 e. The monoisotopic (exact) mass is 250 g/mol. The molecule has 0 aromatic carbocycles. The van der Waals surface area contributed by atoms with Crippen molar-refractivity contribution >= 4 is 5.91 Å². The number of amides is 1. The maximum atomic E-state index is 12.4. The average Bonchev–Trinajstić information content (AvgIpc) is 2.85. The second-order valence-electron chi connectivity index (χ2n) is 6.54. The molecule has 1 aliphatic carbocycles. The van der Waals surface area contributed by atoms with E-state index in [2.05, 4.69) is 10.2 Å². The highest BCUT2D eigenvalue weighted by Crippen LogP contribution is 2.30. The van der Waals surface area contributed by atoms with Crippen molar-refractivity contribution in [1.29, 1.82) is 0 Å². The summed E-state index contributed by atoms with van der Waals surface area (Å²) in [5, 5.41) is 3.44. The highest BCUT2D eigenvalue weighted by Gasteiger charge is 2.38. The van der Waals surface area contributed by atoms with Gasteiger partial charge in [-0.3, -0.25) is 4.79 Å². The maximum absolute atomic E-state index is 12.4. The summed E-state index contributed by atoms with van der Waals surface area (Å²) in [7, 11) is 0. The maximum Gasteiger partial charge on any atom is 0.222 e. The standard InChI is InChI=1S/C15H26N2O/c18-15(7-12-5-3-1-2-4-6-12)17-10-13-8-16-9-14(13)11-17/h12-14,16H,1-11H2/t13-,14+. The van der Waals surface area contributed by atoms with Crippen LogP contribution in [0.5, 0.6) is 0 Å². The van der Waals surface area contributed by atoms with Gasteiger partial charge in [-0.15, -0.1) is 0 Å². The van der Waals surface area contributed by atoms with Gasteiger partial charge >= 0.3 is 0 Å². The lowest BCUT2D eigenvalue weighted by molar-refractivity contribution is -0.131. The summed E-state index contributed by atoms with van der Waals surface area (Å²) in [6, 6.07) is 0. The Morgan fingerprint density at radius 2 is 1.61 bits per heavy atom. The normalized spacial score (nSPS) is 33.4. The average molecular weight is 250 g/mol. The number of nitrogens with one attached hydrogen (secondary N) is 1. The van der Waals surface area contributed by atoms with Crippen LogP contribution in [0.1, 0.15) is 44.9 Å². The topological polar surface area (TPSA) is 32.3 Å². The highest BCUT2D eigenvalue weighted by molar-refractivity contribution is 5.76. The molecule has 102 valence electrons. The first-order valence-electron chi connectivity index (χ1n) is 7.81. The van der Waals surface area contributed by atoms with Crippen LogP contribution in [0.15, 0.2) is 0 Å². The molecule has 1 amide bonds. The van der Waals surface area contributed by atoms with Crippen LogP contribution in [-0.4, -0.2) is 37.0 Å². The van der Waals surface area contributed by atoms with Gasteiger partial charge in [-0.2, -0.15) is 0 Å². The third-order valence-corrected chi connectivity index (χ3v) is 5.18. The van der Waals surface area contributed by atoms with Crippen LogP contribution in [-0.2, 0) is 4.79 Å². The molecule has 18 heavy (non-hydrogen) atoms. The Morgan fingerprint density at radius 1 is 1.00 bits per heavy atom. The molecule has 3 rings (SSSR count). The van der Waals surface area contributed by atoms with E-state index < -0.39 is 0 Å². The summed E-state index contributed by atoms with van der Waals surface area (Å²) in [4.78, 5) is 14.5. The Kier molecular flexibility index (Phi) is 3.88. The van der Waals surface area contributed by atoms with E-state index in [1.165, 1.54) is 38.5 Å². The molecule has 3 aliphatic rings. The Hall–Kier alpha value is -0.570. The molecule has 0 aromatic heterocycles. The fourth-order valence-corrected chi connectivity index (χ4v) is 4.00. The van der Waals surface area contributed by atoms with E-state index in [1.807, 2.05) is 0 Å². The predicted octanol–water partition coefficient (Wildman–Crippen LogP) is 2.02. The van der Waals surface area contributed by atoms with Crippen molar-refractivity contribution in [3.63, 3.8) is 0 Å². The Labute approximate surface area is 110 Å². The van der Waals surface area contributed by atoms with Gasteiger partial charge in [0.15, 0.2) is 0 Å². The molecule has 2 aliphatic heterocycles. The van der Waals surface area contributed by atoms with Crippen molar-refractivity contribution in [1.82, 2.24) is 10.2 Å². The van der Waals surface area contributed by atoms with Gasteiger partial charge in [0.05, 0.1) is 0 Å². The van der Waals surface area contributed by atoms with Crippen LogP contribution in [0.3, 0.4) is 0 Å². The summed E-state index contributed by atoms with van der Waals surface area (Å²) >= 11 is 0. The number of carbonyl (C=O) groups is 1. The van der Waals surface area contributed by atoms with E-state index in [9.17, 15) is 4.79 Å². The summed E-state index contributed by atoms with van der Waals surface area (Å²) in [5.41, 5.74) is 0. The molecule has 3 nitrogen and oxygen atoms in total. The molecule has 1 N–H and O–H groups in total. The number of carbonyl (C=O) groups excluding carboxylic acids is 1. The van der Waals surface area contributed by atoms with Crippen molar-refractivity contribution in [2.75, 3.05) is 26.2 Å². The molecule has 2 heterocycles. The zero-order valence-corrected chi connectivity index (χ0v) is 11.4. The van der Waals surface area contributed by atoms with Gasteiger partial charge in [-0.05, 0) is 30.6 Å². The Morgan fingerprint density at radius 3 is 2.22 bits per heavy atom.